The highest BCUT2D eigenvalue weighted by molar-refractivity contribution is 4.95. The standard InChI is InChI=1S/C12H20N6O9/c13-17-15-1-3-5(20)6(21)9(24)12(26-3)27-10-4(2-19)25-11(16-18-14)8(23)7(10)22/h3-12,19-24H,1-2H2/t3-,4-,5-,6+,7-,8-,9-,10-,11-,12+/m1/s1. The number of azide groups is 2. The Morgan fingerprint density at radius 1 is 0.852 bits per heavy atom. The van der Waals surface area contributed by atoms with Gasteiger partial charge in [0.2, 0.25) is 0 Å². The first-order valence-corrected chi connectivity index (χ1v) is 7.88. The lowest BCUT2D eigenvalue weighted by Crippen LogP contribution is -2.64. The van der Waals surface area contributed by atoms with Crippen molar-refractivity contribution in [3.8, 4) is 0 Å². The van der Waals surface area contributed by atoms with Crippen molar-refractivity contribution in [1.82, 2.24) is 0 Å². The van der Waals surface area contributed by atoms with E-state index in [0.29, 0.717) is 0 Å². The van der Waals surface area contributed by atoms with Crippen molar-refractivity contribution in [1.29, 1.82) is 0 Å². The summed E-state index contributed by atoms with van der Waals surface area (Å²) >= 11 is 0. The Labute approximate surface area is 151 Å². The minimum absolute atomic E-state index is 0.379. The molecule has 0 saturated carbocycles. The van der Waals surface area contributed by atoms with E-state index in [2.05, 4.69) is 20.1 Å². The fraction of sp³-hybridized carbons (Fsp3) is 1.00. The van der Waals surface area contributed by atoms with Gasteiger partial charge in [-0.2, -0.15) is 0 Å². The molecule has 2 aliphatic heterocycles. The maximum atomic E-state index is 10.2. The number of rotatable bonds is 6. The second kappa shape index (κ2) is 9.45. The summed E-state index contributed by atoms with van der Waals surface area (Å²) in [6.07, 6.45) is -15.5. The number of aliphatic hydroxyl groups excluding tert-OH is 6. The van der Waals surface area contributed by atoms with Crippen molar-refractivity contribution in [3.63, 3.8) is 0 Å². The van der Waals surface area contributed by atoms with Gasteiger partial charge in [0.15, 0.2) is 12.5 Å². The van der Waals surface area contributed by atoms with E-state index < -0.39 is 68.0 Å². The average molecular weight is 392 g/mol. The van der Waals surface area contributed by atoms with Crippen LogP contribution in [-0.4, -0.2) is 105 Å². The van der Waals surface area contributed by atoms with Crippen LogP contribution in [-0.2, 0) is 14.2 Å². The fourth-order valence-corrected chi connectivity index (χ4v) is 2.83. The Bertz CT molecular complexity index is 598. The smallest absolute Gasteiger partial charge is 0.187 e. The van der Waals surface area contributed by atoms with Crippen LogP contribution in [0.1, 0.15) is 0 Å². The Kier molecular flexibility index (Phi) is 7.55. The number of hydrogen-bond acceptors (Lipinski definition) is 11. The Balaban J connectivity index is 2.16. The molecule has 0 aromatic rings. The number of hydrogen-bond donors (Lipinski definition) is 6. The first kappa shape index (κ1) is 21.6. The predicted molar refractivity (Wildman–Crippen MR) is 82.5 cm³/mol. The molecule has 2 rings (SSSR count). The van der Waals surface area contributed by atoms with Crippen molar-refractivity contribution in [3.05, 3.63) is 20.9 Å². The minimum atomic E-state index is -1.76. The van der Waals surface area contributed by atoms with E-state index in [9.17, 15) is 30.6 Å². The van der Waals surface area contributed by atoms with Gasteiger partial charge in [-0.15, -0.1) is 0 Å². The van der Waals surface area contributed by atoms with Crippen LogP contribution >= 0.6 is 0 Å². The lowest BCUT2D eigenvalue weighted by atomic mass is 9.96. The van der Waals surface area contributed by atoms with Crippen LogP contribution in [0.3, 0.4) is 0 Å². The lowest BCUT2D eigenvalue weighted by Gasteiger charge is -2.45. The summed E-state index contributed by atoms with van der Waals surface area (Å²) in [5, 5.41) is 65.8. The van der Waals surface area contributed by atoms with Crippen LogP contribution in [0.25, 0.3) is 20.9 Å². The molecule has 152 valence electrons. The van der Waals surface area contributed by atoms with Gasteiger partial charge in [-0.3, -0.25) is 0 Å². The Morgan fingerprint density at radius 2 is 1.56 bits per heavy atom. The Hall–Kier alpha value is -1.74. The van der Waals surface area contributed by atoms with Crippen LogP contribution in [0.2, 0.25) is 0 Å². The van der Waals surface area contributed by atoms with Crippen molar-refractivity contribution in [2.45, 2.75) is 61.3 Å². The van der Waals surface area contributed by atoms with Crippen LogP contribution in [0.4, 0.5) is 0 Å². The SMILES string of the molecule is [N-]=[N+]=NC[C@H]1O[C@@H](O[C@H]2[C@H](O)[C@@H](O)[C@H](N=[N+]=[N-])O[C@@H]2CO)[C@H](O)[C@@H](O)[C@@H]1O. The van der Waals surface area contributed by atoms with E-state index in [1.165, 1.54) is 0 Å². The van der Waals surface area contributed by atoms with Crippen molar-refractivity contribution in [2.75, 3.05) is 13.2 Å². The molecule has 0 aliphatic carbocycles. The fourth-order valence-electron chi connectivity index (χ4n) is 2.83. The third-order valence-corrected chi connectivity index (χ3v) is 4.29. The summed E-state index contributed by atoms with van der Waals surface area (Å²) in [6, 6.07) is 0. The second-order valence-corrected chi connectivity index (χ2v) is 5.96. The predicted octanol–water partition coefficient (Wildman–Crippen LogP) is -2.76. The highest BCUT2D eigenvalue weighted by Gasteiger charge is 2.50. The van der Waals surface area contributed by atoms with E-state index in [1.54, 1.807) is 0 Å². The van der Waals surface area contributed by atoms with Crippen LogP contribution in [0.15, 0.2) is 10.2 Å². The molecular weight excluding hydrogens is 372 g/mol. The molecule has 15 heteroatoms. The van der Waals surface area contributed by atoms with Crippen LogP contribution in [0.5, 0.6) is 0 Å². The molecule has 15 nitrogen and oxygen atoms in total. The summed E-state index contributed by atoms with van der Waals surface area (Å²) in [7, 11) is 0. The third-order valence-electron chi connectivity index (χ3n) is 4.29. The Morgan fingerprint density at radius 3 is 2.15 bits per heavy atom. The van der Waals surface area contributed by atoms with Crippen molar-refractivity contribution < 1.29 is 44.8 Å². The zero-order valence-electron chi connectivity index (χ0n) is 13.8. The zero-order chi connectivity index (χ0) is 20.1. The maximum absolute atomic E-state index is 10.2. The highest BCUT2D eigenvalue weighted by Crippen LogP contribution is 2.29. The van der Waals surface area contributed by atoms with Gasteiger partial charge in [-0.25, -0.2) is 0 Å². The van der Waals surface area contributed by atoms with Crippen molar-refractivity contribution >= 4 is 0 Å². The molecule has 27 heavy (non-hydrogen) atoms. The zero-order valence-corrected chi connectivity index (χ0v) is 13.8. The molecule has 0 aromatic heterocycles. The molecule has 0 radical (unpaired) electrons. The monoisotopic (exact) mass is 392 g/mol. The largest absolute Gasteiger partial charge is 0.394 e. The molecule has 10 atom stereocenters. The van der Waals surface area contributed by atoms with E-state index in [-0.39, 0.29) is 6.54 Å². The first-order chi connectivity index (χ1) is 12.8. The number of aliphatic hydroxyl groups is 6. The molecule has 2 aliphatic rings. The summed E-state index contributed by atoms with van der Waals surface area (Å²) in [5.41, 5.74) is 16.8. The van der Waals surface area contributed by atoms with Gasteiger partial charge in [0.05, 0.1) is 19.3 Å². The molecule has 0 unspecified atom stereocenters. The van der Waals surface area contributed by atoms with Crippen LogP contribution in [0, 0.1) is 0 Å². The number of ether oxygens (including phenoxy) is 3. The third kappa shape index (κ3) is 4.57. The van der Waals surface area contributed by atoms with Crippen LogP contribution < -0.4 is 0 Å². The van der Waals surface area contributed by atoms with Gasteiger partial charge < -0.3 is 44.8 Å². The van der Waals surface area contributed by atoms with Gasteiger partial charge in [-0.1, -0.05) is 10.2 Å². The molecular formula is C12H20N6O9. The molecule has 6 N–H and O–H groups in total. The van der Waals surface area contributed by atoms with Gasteiger partial charge in [0.1, 0.15) is 42.7 Å². The summed E-state index contributed by atoms with van der Waals surface area (Å²) in [5.74, 6) is 0. The van der Waals surface area contributed by atoms with E-state index >= 15 is 0 Å². The number of nitrogens with zero attached hydrogens (tertiary/aromatic N) is 6. The second-order valence-electron chi connectivity index (χ2n) is 5.96. The normalized spacial score (nSPS) is 44.8. The van der Waals surface area contributed by atoms with E-state index in [4.69, 9.17) is 25.3 Å². The quantitative estimate of drug-likeness (QED) is 0.155. The molecule has 0 spiro atoms. The highest BCUT2D eigenvalue weighted by atomic mass is 16.7. The van der Waals surface area contributed by atoms with Gasteiger partial charge >= 0.3 is 0 Å². The first-order valence-electron chi connectivity index (χ1n) is 7.88. The summed E-state index contributed by atoms with van der Waals surface area (Å²) in [4.78, 5) is 4.97. The van der Waals surface area contributed by atoms with Crippen molar-refractivity contribution in [2.24, 2.45) is 10.2 Å². The molecule has 0 bridgehead atoms. The minimum Gasteiger partial charge on any atom is -0.394 e. The summed E-state index contributed by atoms with van der Waals surface area (Å²) in [6.45, 7) is -1.09. The van der Waals surface area contributed by atoms with Gasteiger partial charge in [0.25, 0.3) is 0 Å². The molecule has 2 heterocycles. The molecule has 2 saturated heterocycles. The van der Waals surface area contributed by atoms with E-state index in [0.717, 1.165) is 0 Å². The summed E-state index contributed by atoms with van der Waals surface area (Å²) < 4.78 is 15.8. The van der Waals surface area contributed by atoms with E-state index in [1.807, 2.05) is 0 Å². The van der Waals surface area contributed by atoms with Gasteiger partial charge in [0, 0.05) is 9.82 Å². The van der Waals surface area contributed by atoms with Gasteiger partial charge in [-0.05, 0) is 11.1 Å². The molecule has 2 fully saturated rings. The topological polar surface area (TPSA) is 247 Å². The molecule has 0 amide bonds. The lowest BCUT2D eigenvalue weighted by molar-refractivity contribution is -0.338. The average Bonchev–Trinajstić information content (AvgIpc) is 2.66. The molecule has 0 aromatic carbocycles. The maximum Gasteiger partial charge on any atom is 0.187 e.